The number of carbonyl (C=O) groups excluding carboxylic acids is 1. The molecule has 0 bridgehead atoms. The van der Waals surface area contributed by atoms with E-state index in [1.807, 2.05) is 25.1 Å². The van der Waals surface area contributed by atoms with Crippen LogP contribution in [0.3, 0.4) is 0 Å². The molecule has 23 heavy (non-hydrogen) atoms. The van der Waals surface area contributed by atoms with Crippen LogP contribution in [-0.2, 0) is 4.79 Å². The zero-order valence-electron chi connectivity index (χ0n) is 13.3. The monoisotopic (exact) mass is 335 g/mol. The number of hydrogen-bond donors (Lipinski definition) is 1. The van der Waals surface area contributed by atoms with Gasteiger partial charge in [-0.15, -0.1) is 0 Å². The van der Waals surface area contributed by atoms with Crippen LogP contribution in [0.25, 0.3) is 0 Å². The zero-order chi connectivity index (χ0) is 17.0. The van der Waals surface area contributed by atoms with E-state index >= 15 is 0 Å². The van der Waals surface area contributed by atoms with E-state index in [0.29, 0.717) is 5.75 Å². The number of anilines is 1. The molecule has 0 aliphatic carbocycles. The Bertz CT molecular complexity index is 716. The molecule has 5 heteroatoms. The summed E-state index contributed by atoms with van der Waals surface area (Å²) in [5.41, 5.74) is 2.16. The van der Waals surface area contributed by atoms with Crippen LogP contribution in [0.4, 0.5) is 10.1 Å². The molecule has 2 aromatic rings. The van der Waals surface area contributed by atoms with Crippen molar-refractivity contribution in [3.8, 4) is 5.75 Å². The number of benzene rings is 2. The summed E-state index contributed by atoms with van der Waals surface area (Å²) in [5, 5.41) is 2.75. The lowest BCUT2D eigenvalue weighted by Crippen LogP contribution is -2.21. The van der Waals surface area contributed by atoms with Crippen LogP contribution in [0.5, 0.6) is 5.75 Å². The fraction of sp³-hybridized carbons (Fsp3) is 0.278. The van der Waals surface area contributed by atoms with E-state index in [1.54, 1.807) is 0 Å². The molecule has 0 aromatic heterocycles. The average Bonchev–Trinajstić information content (AvgIpc) is 2.48. The third kappa shape index (κ3) is 4.70. The Morgan fingerprint density at radius 2 is 2.00 bits per heavy atom. The first kappa shape index (κ1) is 17.3. The second kappa shape index (κ2) is 7.47. The minimum absolute atomic E-state index is 0.0799. The third-order valence-corrected chi connectivity index (χ3v) is 3.59. The fourth-order valence-corrected chi connectivity index (χ4v) is 2.32. The van der Waals surface area contributed by atoms with Crippen LogP contribution in [0, 0.1) is 12.7 Å². The molecule has 0 aliphatic heterocycles. The molecule has 2 rings (SSSR count). The van der Waals surface area contributed by atoms with Gasteiger partial charge in [0.2, 0.25) is 0 Å². The van der Waals surface area contributed by atoms with E-state index < -0.39 is 11.7 Å². The van der Waals surface area contributed by atoms with E-state index in [9.17, 15) is 9.18 Å². The number of aryl methyl sites for hydroxylation is 1. The molecule has 1 N–H and O–H groups in total. The summed E-state index contributed by atoms with van der Waals surface area (Å²) >= 11 is 5.68. The van der Waals surface area contributed by atoms with Crippen LogP contribution in [-0.4, -0.2) is 12.5 Å². The fourth-order valence-electron chi connectivity index (χ4n) is 2.16. The highest BCUT2D eigenvalue weighted by Crippen LogP contribution is 2.27. The van der Waals surface area contributed by atoms with Gasteiger partial charge in [-0.25, -0.2) is 4.39 Å². The molecule has 1 amide bonds. The second-order valence-electron chi connectivity index (χ2n) is 5.66. The van der Waals surface area contributed by atoms with Gasteiger partial charge >= 0.3 is 0 Å². The normalized spacial score (nSPS) is 10.7. The molecule has 0 fully saturated rings. The van der Waals surface area contributed by atoms with Crippen molar-refractivity contribution in [2.75, 3.05) is 11.9 Å². The van der Waals surface area contributed by atoms with Crippen molar-refractivity contribution >= 4 is 23.2 Å². The summed E-state index contributed by atoms with van der Waals surface area (Å²) in [4.78, 5) is 12.0. The molecule has 0 saturated carbocycles. The van der Waals surface area contributed by atoms with E-state index in [0.717, 1.165) is 17.2 Å². The molecule has 0 unspecified atom stereocenters. The Kier molecular flexibility index (Phi) is 5.61. The predicted octanol–water partition coefficient (Wildman–Crippen LogP) is 4.93. The van der Waals surface area contributed by atoms with Gasteiger partial charge in [0.1, 0.15) is 11.6 Å². The molecule has 3 nitrogen and oxygen atoms in total. The second-order valence-corrected chi connectivity index (χ2v) is 6.09. The van der Waals surface area contributed by atoms with Gasteiger partial charge in [0.05, 0.1) is 5.69 Å². The molecule has 0 radical (unpaired) electrons. The molecule has 2 aromatic carbocycles. The minimum atomic E-state index is -0.579. The van der Waals surface area contributed by atoms with Gasteiger partial charge in [0, 0.05) is 5.02 Å². The number of rotatable bonds is 5. The maximum Gasteiger partial charge on any atom is 0.262 e. The smallest absolute Gasteiger partial charge is 0.262 e. The first-order valence-corrected chi connectivity index (χ1v) is 7.73. The van der Waals surface area contributed by atoms with Crippen molar-refractivity contribution in [2.45, 2.75) is 26.7 Å². The van der Waals surface area contributed by atoms with E-state index in [1.165, 1.54) is 12.1 Å². The SMILES string of the molecule is Cc1ccc(C(C)C)c(OCC(=O)Nc2ccc(Cl)cc2F)c1. The maximum atomic E-state index is 13.7. The van der Waals surface area contributed by atoms with E-state index in [2.05, 4.69) is 19.2 Å². The van der Waals surface area contributed by atoms with Gasteiger partial charge < -0.3 is 10.1 Å². The van der Waals surface area contributed by atoms with Gasteiger partial charge in [0.15, 0.2) is 6.61 Å². The van der Waals surface area contributed by atoms with Crippen molar-refractivity contribution < 1.29 is 13.9 Å². The first-order chi connectivity index (χ1) is 10.9. The highest BCUT2D eigenvalue weighted by Gasteiger charge is 2.12. The molecule has 0 spiro atoms. The summed E-state index contributed by atoms with van der Waals surface area (Å²) in [5.74, 6) is -0.0548. The molecule has 122 valence electrons. The van der Waals surface area contributed by atoms with E-state index in [-0.39, 0.29) is 23.2 Å². The van der Waals surface area contributed by atoms with Gasteiger partial charge in [-0.3, -0.25) is 4.79 Å². The Morgan fingerprint density at radius 3 is 2.65 bits per heavy atom. The van der Waals surface area contributed by atoms with Gasteiger partial charge in [-0.05, 0) is 48.2 Å². The Labute approximate surface area is 140 Å². The molecule has 0 aliphatic rings. The maximum absolute atomic E-state index is 13.7. The summed E-state index contributed by atoms with van der Waals surface area (Å²) < 4.78 is 19.3. The number of hydrogen-bond acceptors (Lipinski definition) is 2. The average molecular weight is 336 g/mol. The molecule has 0 atom stereocenters. The summed E-state index contributed by atoms with van der Waals surface area (Å²) in [6.45, 7) is 5.88. The highest BCUT2D eigenvalue weighted by molar-refractivity contribution is 6.30. The van der Waals surface area contributed by atoms with Crippen LogP contribution < -0.4 is 10.1 Å². The number of nitrogens with one attached hydrogen (secondary N) is 1. The highest BCUT2D eigenvalue weighted by atomic mass is 35.5. The number of halogens is 2. The standard InChI is InChI=1S/C18H19ClFNO2/c1-11(2)14-6-4-12(3)8-17(14)23-10-18(22)21-16-7-5-13(19)9-15(16)20/h4-9,11H,10H2,1-3H3,(H,21,22). The topological polar surface area (TPSA) is 38.3 Å². The van der Waals surface area contributed by atoms with Crippen molar-refractivity contribution in [2.24, 2.45) is 0 Å². The lowest BCUT2D eigenvalue weighted by molar-refractivity contribution is -0.118. The van der Waals surface area contributed by atoms with Gasteiger partial charge in [-0.1, -0.05) is 37.6 Å². The Hall–Kier alpha value is -2.07. The Balaban J connectivity index is 2.03. The van der Waals surface area contributed by atoms with Gasteiger partial charge in [-0.2, -0.15) is 0 Å². The number of amides is 1. The van der Waals surface area contributed by atoms with E-state index in [4.69, 9.17) is 16.3 Å². The predicted molar refractivity (Wildman–Crippen MR) is 90.8 cm³/mol. The van der Waals surface area contributed by atoms with Crippen LogP contribution in [0.1, 0.15) is 30.9 Å². The zero-order valence-corrected chi connectivity index (χ0v) is 14.1. The molecule has 0 heterocycles. The van der Waals surface area contributed by atoms with Crippen molar-refractivity contribution in [1.82, 2.24) is 0 Å². The lowest BCUT2D eigenvalue weighted by atomic mass is 10.0. The third-order valence-electron chi connectivity index (χ3n) is 3.36. The first-order valence-electron chi connectivity index (χ1n) is 7.35. The molecular formula is C18H19ClFNO2. The molecule has 0 saturated heterocycles. The quantitative estimate of drug-likeness (QED) is 0.841. The van der Waals surface area contributed by atoms with Crippen LogP contribution >= 0.6 is 11.6 Å². The number of carbonyl (C=O) groups is 1. The largest absolute Gasteiger partial charge is 0.483 e. The summed E-state index contributed by atoms with van der Waals surface area (Å²) in [6.07, 6.45) is 0. The summed E-state index contributed by atoms with van der Waals surface area (Å²) in [7, 11) is 0. The van der Waals surface area contributed by atoms with Gasteiger partial charge in [0.25, 0.3) is 5.91 Å². The lowest BCUT2D eigenvalue weighted by Gasteiger charge is -2.15. The minimum Gasteiger partial charge on any atom is -0.483 e. The Morgan fingerprint density at radius 1 is 1.26 bits per heavy atom. The molecular weight excluding hydrogens is 317 g/mol. The van der Waals surface area contributed by atoms with Crippen molar-refractivity contribution in [1.29, 1.82) is 0 Å². The summed E-state index contributed by atoms with van der Waals surface area (Å²) in [6, 6.07) is 9.97. The number of ether oxygens (including phenoxy) is 1. The van der Waals surface area contributed by atoms with Crippen LogP contribution in [0.15, 0.2) is 36.4 Å². The van der Waals surface area contributed by atoms with Crippen molar-refractivity contribution in [3.05, 3.63) is 58.4 Å². The van der Waals surface area contributed by atoms with Crippen LogP contribution in [0.2, 0.25) is 5.02 Å². The van der Waals surface area contributed by atoms with Crippen molar-refractivity contribution in [3.63, 3.8) is 0 Å².